The molecule has 0 amide bonds. The van der Waals surface area contributed by atoms with Crippen LogP contribution in [0.25, 0.3) is 11.1 Å². The van der Waals surface area contributed by atoms with Crippen LogP contribution in [0.3, 0.4) is 0 Å². The molecule has 1 aliphatic rings. The number of piperazine rings is 1. The van der Waals surface area contributed by atoms with Crippen molar-refractivity contribution in [3.8, 4) is 0 Å². The van der Waals surface area contributed by atoms with Crippen molar-refractivity contribution in [2.45, 2.75) is 13.8 Å². The maximum absolute atomic E-state index is 5.73. The smallest absolute Gasteiger partial charge is 0.192 e. The summed E-state index contributed by atoms with van der Waals surface area (Å²) in [6.07, 6.45) is 0. The first-order chi connectivity index (χ1) is 8.24. The van der Waals surface area contributed by atoms with Gasteiger partial charge in [0, 0.05) is 33.1 Å². The lowest BCUT2D eigenvalue weighted by Gasteiger charge is -2.29. The van der Waals surface area contributed by atoms with Crippen molar-refractivity contribution in [3.05, 3.63) is 23.6 Å². The fraction of sp³-hybridized carbons (Fsp3) is 0.462. The van der Waals surface area contributed by atoms with E-state index in [-0.39, 0.29) is 0 Å². The number of aryl methyl sites for hydroxylation is 2. The lowest BCUT2D eigenvalue weighted by molar-refractivity contribution is 0.552. The normalized spacial score (nSPS) is 16.7. The summed E-state index contributed by atoms with van der Waals surface area (Å²) in [6.45, 7) is 8.12. The molecule has 1 N–H and O–H groups in total. The lowest BCUT2D eigenvalue weighted by Crippen LogP contribution is -2.43. The minimum Gasteiger partial charge on any atom is -0.439 e. The Morgan fingerprint density at radius 2 is 2.00 bits per heavy atom. The summed E-state index contributed by atoms with van der Waals surface area (Å²) in [7, 11) is 0. The van der Waals surface area contributed by atoms with E-state index in [2.05, 4.69) is 34.3 Å². The first-order valence-corrected chi connectivity index (χ1v) is 6.07. The zero-order valence-electron chi connectivity index (χ0n) is 10.3. The Balaban J connectivity index is 2.12. The molecule has 3 rings (SSSR count). The van der Waals surface area contributed by atoms with Crippen LogP contribution in [0.15, 0.2) is 16.5 Å². The van der Waals surface area contributed by atoms with Gasteiger partial charge in [-0.05, 0) is 24.6 Å². The van der Waals surface area contributed by atoms with Crippen LogP contribution in [0.1, 0.15) is 11.5 Å². The summed E-state index contributed by atoms with van der Waals surface area (Å²) in [6, 6.07) is 4.27. The van der Waals surface area contributed by atoms with E-state index in [9.17, 15) is 0 Å². The molecule has 1 aromatic heterocycles. The van der Waals surface area contributed by atoms with Gasteiger partial charge in [0.15, 0.2) is 11.5 Å². The van der Waals surface area contributed by atoms with Crippen molar-refractivity contribution in [1.29, 1.82) is 0 Å². The number of benzene rings is 1. The molecule has 0 spiro atoms. The zero-order valence-corrected chi connectivity index (χ0v) is 10.3. The van der Waals surface area contributed by atoms with Gasteiger partial charge in [-0.3, -0.25) is 0 Å². The molecule has 4 heteroatoms. The van der Waals surface area contributed by atoms with Gasteiger partial charge in [-0.25, -0.2) is 4.98 Å². The Morgan fingerprint density at radius 1 is 1.24 bits per heavy atom. The molecule has 1 aliphatic heterocycles. The predicted molar refractivity (Wildman–Crippen MR) is 68.6 cm³/mol. The molecule has 1 aromatic carbocycles. The second-order valence-electron chi connectivity index (χ2n) is 4.60. The molecule has 0 saturated carbocycles. The van der Waals surface area contributed by atoms with E-state index in [1.54, 1.807) is 0 Å². The Bertz CT molecular complexity index is 541. The first-order valence-electron chi connectivity index (χ1n) is 6.07. The lowest BCUT2D eigenvalue weighted by atomic mass is 10.1. The summed E-state index contributed by atoms with van der Waals surface area (Å²) in [4.78, 5) is 6.79. The molecule has 4 nitrogen and oxygen atoms in total. The number of oxazole rings is 1. The van der Waals surface area contributed by atoms with Crippen molar-refractivity contribution in [2.24, 2.45) is 0 Å². The highest BCUT2D eigenvalue weighted by Gasteiger charge is 2.17. The van der Waals surface area contributed by atoms with E-state index in [0.29, 0.717) is 0 Å². The standard InChI is InChI=1S/C13H17N3O/c1-9-7-11-13(17-10(2)15-11)12(8-9)16-5-3-14-4-6-16/h7-8,14H,3-6H2,1-2H3. The van der Waals surface area contributed by atoms with Crippen LogP contribution in [0, 0.1) is 13.8 Å². The number of nitrogens with one attached hydrogen (secondary N) is 1. The van der Waals surface area contributed by atoms with Crippen molar-refractivity contribution in [3.63, 3.8) is 0 Å². The van der Waals surface area contributed by atoms with Crippen LogP contribution in [0.5, 0.6) is 0 Å². The fourth-order valence-electron chi connectivity index (χ4n) is 2.40. The molecule has 2 aromatic rings. The van der Waals surface area contributed by atoms with Crippen molar-refractivity contribution < 1.29 is 4.42 Å². The highest BCUT2D eigenvalue weighted by atomic mass is 16.3. The van der Waals surface area contributed by atoms with E-state index < -0.39 is 0 Å². The number of nitrogens with zero attached hydrogens (tertiary/aromatic N) is 2. The summed E-state index contributed by atoms with van der Waals surface area (Å²) in [5.74, 6) is 0.738. The van der Waals surface area contributed by atoms with Crippen LogP contribution < -0.4 is 10.2 Å². The number of aromatic nitrogens is 1. The fourth-order valence-corrected chi connectivity index (χ4v) is 2.40. The maximum Gasteiger partial charge on any atom is 0.192 e. The van der Waals surface area contributed by atoms with Gasteiger partial charge in [0.1, 0.15) is 5.52 Å². The number of hydrogen-bond acceptors (Lipinski definition) is 4. The van der Waals surface area contributed by atoms with Crippen LogP contribution >= 0.6 is 0 Å². The van der Waals surface area contributed by atoms with E-state index in [4.69, 9.17) is 4.42 Å². The molecular formula is C13H17N3O. The molecule has 1 saturated heterocycles. The van der Waals surface area contributed by atoms with E-state index in [1.807, 2.05) is 6.92 Å². The topological polar surface area (TPSA) is 41.3 Å². The Morgan fingerprint density at radius 3 is 2.76 bits per heavy atom. The Kier molecular flexibility index (Phi) is 2.52. The van der Waals surface area contributed by atoms with E-state index in [1.165, 1.54) is 11.3 Å². The number of fused-ring (bicyclic) bond motifs is 1. The molecule has 17 heavy (non-hydrogen) atoms. The third-order valence-corrected chi connectivity index (χ3v) is 3.18. The second-order valence-corrected chi connectivity index (χ2v) is 4.60. The average molecular weight is 231 g/mol. The third kappa shape index (κ3) is 1.89. The van der Waals surface area contributed by atoms with Gasteiger partial charge in [-0.2, -0.15) is 0 Å². The predicted octanol–water partition coefficient (Wildman–Crippen LogP) is 1.85. The van der Waals surface area contributed by atoms with Gasteiger partial charge in [0.05, 0.1) is 5.69 Å². The molecule has 0 aliphatic carbocycles. The number of hydrogen-bond donors (Lipinski definition) is 1. The first kappa shape index (κ1) is 10.6. The second kappa shape index (κ2) is 4.04. The summed E-state index contributed by atoms with van der Waals surface area (Å²) < 4.78 is 5.73. The third-order valence-electron chi connectivity index (χ3n) is 3.18. The molecule has 0 unspecified atom stereocenters. The van der Waals surface area contributed by atoms with Crippen molar-refractivity contribution >= 4 is 16.8 Å². The molecule has 2 heterocycles. The van der Waals surface area contributed by atoms with Crippen molar-refractivity contribution in [2.75, 3.05) is 31.1 Å². The van der Waals surface area contributed by atoms with Gasteiger partial charge in [0.25, 0.3) is 0 Å². The van der Waals surface area contributed by atoms with Crippen LogP contribution in [0.4, 0.5) is 5.69 Å². The van der Waals surface area contributed by atoms with E-state index in [0.717, 1.165) is 43.2 Å². The van der Waals surface area contributed by atoms with Gasteiger partial charge in [-0.15, -0.1) is 0 Å². The number of anilines is 1. The number of rotatable bonds is 1. The minimum atomic E-state index is 0.738. The van der Waals surface area contributed by atoms with Gasteiger partial charge in [0.2, 0.25) is 0 Å². The summed E-state index contributed by atoms with van der Waals surface area (Å²) in [5, 5.41) is 3.36. The Hall–Kier alpha value is -1.55. The highest BCUT2D eigenvalue weighted by molar-refractivity contribution is 5.87. The molecule has 0 atom stereocenters. The largest absolute Gasteiger partial charge is 0.439 e. The average Bonchev–Trinajstić information content (AvgIpc) is 2.69. The zero-order chi connectivity index (χ0) is 11.8. The molecule has 0 radical (unpaired) electrons. The Labute approximate surface area is 101 Å². The minimum absolute atomic E-state index is 0.738. The SMILES string of the molecule is Cc1cc(N2CCNCC2)c2oc(C)nc2c1. The van der Waals surface area contributed by atoms with Gasteiger partial charge in [-0.1, -0.05) is 0 Å². The molecular weight excluding hydrogens is 214 g/mol. The summed E-state index contributed by atoms with van der Waals surface area (Å²) in [5.41, 5.74) is 4.31. The molecule has 90 valence electrons. The van der Waals surface area contributed by atoms with Gasteiger partial charge >= 0.3 is 0 Å². The van der Waals surface area contributed by atoms with Gasteiger partial charge < -0.3 is 14.6 Å². The monoisotopic (exact) mass is 231 g/mol. The highest BCUT2D eigenvalue weighted by Crippen LogP contribution is 2.29. The molecule has 0 bridgehead atoms. The van der Waals surface area contributed by atoms with E-state index >= 15 is 0 Å². The summed E-state index contributed by atoms with van der Waals surface area (Å²) >= 11 is 0. The quantitative estimate of drug-likeness (QED) is 0.813. The maximum atomic E-state index is 5.73. The van der Waals surface area contributed by atoms with Crippen LogP contribution in [-0.2, 0) is 0 Å². The molecule has 1 fully saturated rings. The van der Waals surface area contributed by atoms with Crippen LogP contribution in [0.2, 0.25) is 0 Å². The van der Waals surface area contributed by atoms with Crippen molar-refractivity contribution in [1.82, 2.24) is 10.3 Å². The van der Waals surface area contributed by atoms with Crippen LogP contribution in [-0.4, -0.2) is 31.2 Å².